The molecule has 2 N–H and O–H groups in total. The lowest BCUT2D eigenvalue weighted by Crippen LogP contribution is -2.53. The maximum absolute atomic E-state index is 12.9. The van der Waals surface area contributed by atoms with E-state index < -0.39 is 0 Å². The van der Waals surface area contributed by atoms with Gasteiger partial charge in [-0.15, -0.1) is 11.8 Å². The maximum atomic E-state index is 12.9. The number of likely N-dealkylation sites (tertiary alicyclic amines) is 1. The summed E-state index contributed by atoms with van der Waals surface area (Å²) in [5.74, 6) is 1.18. The largest absolute Gasteiger partial charge is 0.338 e. The van der Waals surface area contributed by atoms with E-state index in [-0.39, 0.29) is 23.9 Å². The Morgan fingerprint density at radius 1 is 1.40 bits per heavy atom. The number of nitrogens with zero attached hydrogens (tertiary/aromatic N) is 1. The highest BCUT2D eigenvalue weighted by molar-refractivity contribution is 7.99. The van der Waals surface area contributed by atoms with Crippen LogP contribution in [0.25, 0.3) is 0 Å². The van der Waals surface area contributed by atoms with E-state index in [9.17, 15) is 4.79 Å². The molecule has 2 heterocycles. The number of hydrogen-bond acceptors (Lipinski definition) is 3. The van der Waals surface area contributed by atoms with Crippen LogP contribution in [0.2, 0.25) is 0 Å². The van der Waals surface area contributed by atoms with Crippen LogP contribution in [0.15, 0.2) is 29.2 Å². The molecule has 1 saturated heterocycles. The van der Waals surface area contributed by atoms with Crippen molar-refractivity contribution in [3.8, 4) is 0 Å². The molecule has 0 unspecified atom stereocenters. The number of carbonyl (C=O) groups excluding carboxylic acids is 1. The molecule has 1 aromatic carbocycles. The van der Waals surface area contributed by atoms with Gasteiger partial charge in [-0.1, -0.05) is 18.2 Å². The highest BCUT2D eigenvalue weighted by Crippen LogP contribution is 2.41. The second kappa shape index (κ2) is 5.78. The van der Waals surface area contributed by atoms with Gasteiger partial charge in [0.2, 0.25) is 5.91 Å². The van der Waals surface area contributed by atoms with Crippen LogP contribution >= 0.6 is 11.8 Å². The van der Waals surface area contributed by atoms with Crippen LogP contribution in [-0.4, -0.2) is 35.2 Å². The number of nitrogens with two attached hydrogens (primary N) is 1. The zero-order valence-corrected chi connectivity index (χ0v) is 12.7. The first-order valence-electron chi connectivity index (χ1n) is 7.46. The summed E-state index contributed by atoms with van der Waals surface area (Å²) in [5.41, 5.74) is 7.29. The average Bonchev–Trinajstić information content (AvgIpc) is 2.90. The molecule has 2 aliphatic heterocycles. The van der Waals surface area contributed by atoms with Gasteiger partial charge < -0.3 is 10.6 Å². The van der Waals surface area contributed by atoms with Crippen molar-refractivity contribution in [1.29, 1.82) is 0 Å². The number of amides is 1. The molecular formula is C16H22N2OS. The van der Waals surface area contributed by atoms with Gasteiger partial charge in [0.25, 0.3) is 0 Å². The smallest absolute Gasteiger partial charge is 0.231 e. The first kappa shape index (κ1) is 14.0. The average molecular weight is 290 g/mol. The molecule has 0 saturated carbocycles. The van der Waals surface area contributed by atoms with Gasteiger partial charge in [-0.05, 0) is 37.8 Å². The molecular weight excluding hydrogens is 268 g/mol. The molecule has 0 radical (unpaired) electrons. The zero-order valence-electron chi connectivity index (χ0n) is 11.9. The van der Waals surface area contributed by atoms with Gasteiger partial charge in [-0.25, -0.2) is 0 Å². The summed E-state index contributed by atoms with van der Waals surface area (Å²) in [4.78, 5) is 16.3. The minimum absolute atomic E-state index is 0.0237. The van der Waals surface area contributed by atoms with Gasteiger partial charge in [0.1, 0.15) is 0 Å². The normalized spacial score (nSPS) is 27.2. The highest BCUT2D eigenvalue weighted by Gasteiger charge is 2.36. The predicted octanol–water partition coefficient (Wildman–Crippen LogP) is 2.60. The van der Waals surface area contributed by atoms with Crippen LogP contribution < -0.4 is 5.73 Å². The van der Waals surface area contributed by atoms with E-state index in [1.807, 2.05) is 19.1 Å². The number of carbonyl (C=O) groups is 1. The molecule has 0 spiro atoms. The fourth-order valence-electron chi connectivity index (χ4n) is 3.34. The lowest BCUT2D eigenvalue weighted by Gasteiger charge is -2.39. The van der Waals surface area contributed by atoms with E-state index in [1.165, 1.54) is 16.9 Å². The second-order valence-electron chi connectivity index (χ2n) is 5.86. The van der Waals surface area contributed by atoms with Crippen molar-refractivity contribution in [3.05, 3.63) is 29.8 Å². The standard InChI is InChI=1S/C16H22N2OS/c1-11(17)14-7-4-5-9-18(14)16(19)13-10-20-15-8-3-2-6-12(13)15/h2-3,6,8,11,13-14H,4-5,7,9-10,17H2,1H3/t11-,13-,14+/m0/s1. The van der Waals surface area contributed by atoms with Crippen molar-refractivity contribution in [2.24, 2.45) is 5.73 Å². The summed E-state index contributed by atoms with van der Waals surface area (Å²) in [6.07, 6.45) is 3.34. The predicted molar refractivity (Wildman–Crippen MR) is 82.9 cm³/mol. The van der Waals surface area contributed by atoms with Crippen molar-refractivity contribution in [3.63, 3.8) is 0 Å². The van der Waals surface area contributed by atoms with Crippen molar-refractivity contribution < 1.29 is 4.79 Å². The lowest BCUT2D eigenvalue weighted by molar-refractivity contribution is -0.136. The van der Waals surface area contributed by atoms with Gasteiger partial charge in [0, 0.05) is 29.3 Å². The van der Waals surface area contributed by atoms with Crippen LogP contribution in [0.3, 0.4) is 0 Å². The van der Waals surface area contributed by atoms with Crippen LogP contribution in [0.1, 0.15) is 37.7 Å². The quantitative estimate of drug-likeness (QED) is 0.910. The Hall–Kier alpha value is -1.00. The number of fused-ring (bicyclic) bond motifs is 1. The van der Waals surface area contributed by atoms with Crippen LogP contribution in [0.4, 0.5) is 0 Å². The fourth-order valence-corrected chi connectivity index (χ4v) is 4.56. The molecule has 3 atom stereocenters. The lowest BCUT2D eigenvalue weighted by atomic mass is 9.93. The minimum Gasteiger partial charge on any atom is -0.338 e. The van der Waals surface area contributed by atoms with Crippen molar-refractivity contribution in [2.75, 3.05) is 12.3 Å². The number of piperidine rings is 1. The van der Waals surface area contributed by atoms with E-state index in [0.29, 0.717) is 0 Å². The van der Waals surface area contributed by atoms with Crippen LogP contribution in [0, 0.1) is 0 Å². The summed E-state index contributed by atoms with van der Waals surface area (Å²) in [6.45, 7) is 2.89. The Labute approximate surface area is 124 Å². The molecule has 4 heteroatoms. The zero-order chi connectivity index (χ0) is 14.1. The molecule has 20 heavy (non-hydrogen) atoms. The van der Waals surface area contributed by atoms with E-state index >= 15 is 0 Å². The molecule has 0 aromatic heterocycles. The minimum atomic E-state index is 0.0237. The Morgan fingerprint density at radius 2 is 2.20 bits per heavy atom. The molecule has 108 valence electrons. The SMILES string of the molecule is C[C@H](N)[C@H]1CCCCN1C(=O)[C@H]1CSc2ccccc21. The van der Waals surface area contributed by atoms with Gasteiger partial charge >= 0.3 is 0 Å². The van der Waals surface area contributed by atoms with Crippen LogP contribution in [0.5, 0.6) is 0 Å². The summed E-state index contributed by atoms with van der Waals surface area (Å²) < 4.78 is 0. The molecule has 1 fully saturated rings. The number of hydrogen-bond donors (Lipinski definition) is 1. The van der Waals surface area contributed by atoms with E-state index in [4.69, 9.17) is 5.73 Å². The van der Waals surface area contributed by atoms with Crippen LogP contribution in [-0.2, 0) is 4.79 Å². The van der Waals surface area contributed by atoms with Crippen molar-refractivity contribution in [1.82, 2.24) is 4.90 Å². The maximum Gasteiger partial charge on any atom is 0.231 e. The van der Waals surface area contributed by atoms with E-state index in [1.54, 1.807) is 11.8 Å². The highest BCUT2D eigenvalue weighted by atomic mass is 32.2. The summed E-state index contributed by atoms with van der Waals surface area (Å²) in [6, 6.07) is 8.57. The number of rotatable bonds is 2. The topological polar surface area (TPSA) is 46.3 Å². The van der Waals surface area contributed by atoms with E-state index in [2.05, 4.69) is 17.0 Å². The molecule has 3 nitrogen and oxygen atoms in total. The Kier molecular flexibility index (Phi) is 4.03. The molecule has 2 aliphatic rings. The number of thioether (sulfide) groups is 1. The third kappa shape index (κ3) is 2.47. The summed E-state index contributed by atoms with van der Waals surface area (Å²) in [5, 5.41) is 0. The van der Waals surface area contributed by atoms with Gasteiger partial charge in [0.15, 0.2) is 0 Å². The molecule has 3 rings (SSSR count). The third-order valence-electron chi connectivity index (χ3n) is 4.44. The van der Waals surface area contributed by atoms with Gasteiger partial charge in [-0.3, -0.25) is 4.79 Å². The summed E-state index contributed by atoms with van der Waals surface area (Å²) in [7, 11) is 0. The third-order valence-corrected chi connectivity index (χ3v) is 5.62. The van der Waals surface area contributed by atoms with Gasteiger partial charge in [-0.2, -0.15) is 0 Å². The molecule has 0 bridgehead atoms. The summed E-state index contributed by atoms with van der Waals surface area (Å²) >= 11 is 1.80. The van der Waals surface area contributed by atoms with Gasteiger partial charge in [0.05, 0.1) is 5.92 Å². The Balaban J connectivity index is 1.82. The second-order valence-corrected chi connectivity index (χ2v) is 6.92. The Bertz CT molecular complexity index is 503. The Morgan fingerprint density at radius 3 is 3.00 bits per heavy atom. The monoisotopic (exact) mass is 290 g/mol. The first-order valence-corrected chi connectivity index (χ1v) is 8.45. The first-order chi connectivity index (χ1) is 9.68. The fraction of sp³-hybridized carbons (Fsp3) is 0.562. The molecule has 0 aliphatic carbocycles. The van der Waals surface area contributed by atoms with Crippen molar-refractivity contribution in [2.45, 2.75) is 49.1 Å². The van der Waals surface area contributed by atoms with Crippen molar-refractivity contribution >= 4 is 17.7 Å². The number of benzene rings is 1. The molecule has 1 aromatic rings. The van der Waals surface area contributed by atoms with E-state index in [0.717, 1.165) is 25.1 Å². The molecule has 1 amide bonds.